The van der Waals surface area contributed by atoms with E-state index in [1.807, 2.05) is 30.3 Å². The standard InChI is InChI=1S/C19H20FN5OS2/c20-15-8-6-14(7-9-15)12-17-23-24-19(25(17)21)28-13-18(26)22-10-11-27-16-4-2-1-3-5-16/h1-9H,10-13,21H2,(H,22,26). The summed E-state index contributed by atoms with van der Waals surface area (Å²) in [5, 5.41) is 11.4. The van der Waals surface area contributed by atoms with Crippen molar-refractivity contribution in [1.29, 1.82) is 0 Å². The van der Waals surface area contributed by atoms with Gasteiger partial charge in [0, 0.05) is 23.6 Å². The summed E-state index contributed by atoms with van der Waals surface area (Å²) in [6, 6.07) is 16.2. The first-order chi connectivity index (χ1) is 13.6. The van der Waals surface area contributed by atoms with E-state index in [1.54, 1.807) is 23.9 Å². The normalized spacial score (nSPS) is 10.8. The third-order valence-electron chi connectivity index (χ3n) is 3.78. The predicted octanol–water partition coefficient (Wildman–Crippen LogP) is 2.72. The maximum atomic E-state index is 13.0. The number of halogens is 1. The number of amides is 1. The molecule has 6 nitrogen and oxygen atoms in total. The number of thioether (sulfide) groups is 2. The lowest BCUT2D eigenvalue weighted by Crippen LogP contribution is -2.27. The van der Waals surface area contributed by atoms with E-state index >= 15 is 0 Å². The smallest absolute Gasteiger partial charge is 0.230 e. The molecule has 0 fully saturated rings. The van der Waals surface area contributed by atoms with Crippen molar-refractivity contribution >= 4 is 29.4 Å². The molecule has 0 aliphatic heterocycles. The average molecular weight is 418 g/mol. The number of nitrogens with two attached hydrogens (primary N) is 1. The lowest BCUT2D eigenvalue weighted by molar-refractivity contribution is -0.118. The van der Waals surface area contributed by atoms with E-state index in [0.29, 0.717) is 23.9 Å². The Kier molecular flexibility index (Phi) is 7.32. The molecule has 3 N–H and O–H groups in total. The summed E-state index contributed by atoms with van der Waals surface area (Å²) in [5.41, 5.74) is 0.880. The van der Waals surface area contributed by atoms with Crippen LogP contribution in [0.4, 0.5) is 4.39 Å². The number of carbonyl (C=O) groups is 1. The van der Waals surface area contributed by atoms with Crippen molar-refractivity contribution < 1.29 is 9.18 Å². The molecule has 0 aliphatic carbocycles. The summed E-state index contributed by atoms with van der Waals surface area (Å²) in [6.07, 6.45) is 0.438. The number of nitrogen functional groups attached to an aromatic ring is 1. The Balaban J connectivity index is 1.41. The van der Waals surface area contributed by atoms with Crippen molar-refractivity contribution in [2.24, 2.45) is 0 Å². The van der Waals surface area contributed by atoms with Gasteiger partial charge in [0.05, 0.1) is 5.75 Å². The van der Waals surface area contributed by atoms with Gasteiger partial charge in [-0.05, 0) is 29.8 Å². The van der Waals surface area contributed by atoms with E-state index < -0.39 is 0 Å². The molecule has 3 rings (SSSR count). The van der Waals surface area contributed by atoms with E-state index in [4.69, 9.17) is 5.84 Å². The third kappa shape index (κ3) is 6.00. The Morgan fingerprint density at radius 1 is 1.07 bits per heavy atom. The average Bonchev–Trinajstić information content (AvgIpc) is 3.06. The van der Waals surface area contributed by atoms with Crippen LogP contribution in [0.15, 0.2) is 64.6 Å². The number of rotatable bonds is 9. The molecule has 0 atom stereocenters. The van der Waals surface area contributed by atoms with Gasteiger partial charge in [-0.25, -0.2) is 9.07 Å². The minimum atomic E-state index is -0.289. The van der Waals surface area contributed by atoms with Gasteiger partial charge in [0.25, 0.3) is 0 Å². The van der Waals surface area contributed by atoms with E-state index in [0.717, 1.165) is 11.3 Å². The van der Waals surface area contributed by atoms with Crippen LogP contribution in [0.3, 0.4) is 0 Å². The van der Waals surface area contributed by atoms with Crippen LogP contribution in [0.25, 0.3) is 0 Å². The highest BCUT2D eigenvalue weighted by Crippen LogP contribution is 2.17. The number of hydrogen-bond donors (Lipinski definition) is 2. The van der Waals surface area contributed by atoms with Crippen LogP contribution in [0.1, 0.15) is 11.4 Å². The first-order valence-electron chi connectivity index (χ1n) is 8.63. The quantitative estimate of drug-likeness (QED) is 0.316. The number of nitrogens with one attached hydrogen (secondary N) is 1. The summed E-state index contributed by atoms with van der Waals surface area (Å²) < 4.78 is 14.3. The molecule has 2 aromatic carbocycles. The Labute approximate surface area is 171 Å². The molecular formula is C19H20FN5OS2. The molecule has 0 spiro atoms. The highest BCUT2D eigenvalue weighted by molar-refractivity contribution is 7.99. The van der Waals surface area contributed by atoms with Crippen LogP contribution < -0.4 is 11.2 Å². The molecule has 0 bridgehead atoms. The predicted molar refractivity (Wildman–Crippen MR) is 110 cm³/mol. The van der Waals surface area contributed by atoms with Crippen molar-refractivity contribution in [1.82, 2.24) is 20.2 Å². The van der Waals surface area contributed by atoms with Crippen LogP contribution in [-0.2, 0) is 11.2 Å². The molecule has 146 valence electrons. The zero-order chi connectivity index (χ0) is 19.8. The molecule has 28 heavy (non-hydrogen) atoms. The van der Waals surface area contributed by atoms with E-state index in [9.17, 15) is 9.18 Å². The second-order valence-corrected chi connectivity index (χ2v) is 7.98. The fourth-order valence-electron chi connectivity index (χ4n) is 2.37. The highest BCUT2D eigenvalue weighted by atomic mass is 32.2. The molecular weight excluding hydrogens is 397 g/mol. The second-order valence-electron chi connectivity index (χ2n) is 5.87. The second kappa shape index (κ2) is 10.1. The van der Waals surface area contributed by atoms with Gasteiger partial charge in [0.15, 0.2) is 5.82 Å². The minimum absolute atomic E-state index is 0.0817. The summed E-state index contributed by atoms with van der Waals surface area (Å²) in [4.78, 5) is 13.2. The fraction of sp³-hybridized carbons (Fsp3) is 0.211. The molecule has 0 aliphatic rings. The third-order valence-corrected chi connectivity index (χ3v) is 5.74. The van der Waals surface area contributed by atoms with Gasteiger partial charge < -0.3 is 11.2 Å². The first-order valence-corrected chi connectivity index (χ1v) is 10.6. The van der Waals surface area contributed by atoms with Gasteiger partial charge in [-0.3, -0.25) is 4.79 Å². The number of hydrogen-bond acceptors (Lipinski definition) is 6. The van der Waals surface area contributed by atoms with E-state index in [2.05, 4.69) is 15.5 Å². The Morgan fingerprint density at radius 3 is 2.57 bits per heavy atom. The van der Waals surface area contributed by atoms with Crippen molar-refractivity contribution in [3.05, 3.63) is 71.8 Å². The Morgan fingerprint density at radius 2 is 1.82 bits per heavy atom. The summed E-state index contributed by atoms with van der Waals surface area (Å²) in [6.45, 7) is 0.587. The maximum Gasteiger partial charge on any atom is 0.230 e. The zero-order valence-electron chi connectivity index (χ0n) is 15.0. The topological polar surface area (TPSA) is 85.8 Å². The minimum Gasteiger partial charge on any atom is -0.355 e. The van der Waals surface area contributed by atoms with Gasteiger partial charge in [-0.15, -0.1) is 22.0 Å². The summed E-state index contributed by atoms with van der Waals surface area (Å²) in [7, 11) is 0. The fourth-order valence-corrected chi connectivity index (χ4v) is 3.86. The molecule has 0 radical (unpaired) electrons. The van der Waals surface area contributed by atoms with Gasteiger partial charge in [0.2, 0.25) is 11.1 Å². The van der Waals surface area contributed by atoms with Crippen molar-refractivity contribution in [3.8, 4) is 0 Å². The van der Waals surface area contributed by atoms with Crippen molar-refractivity contribution in [2.75, 3.05) is 23.9 Å². The first kappa shape index (κ1) is 20.2. The zero-order valence-corrected chi connectivity index (χ0v) is 16.7. The highest BCUT2D eigenvalue weighted by Gasteiger charge is 2.12. The number of aromatic nitrogens is 3. The van der Waals surface area contributed by atoms with E-state index in [-0.39, 0.29) is 17.5 Å². The lowest BCUT2D eigenvalue weighted by atomic mass is 10.1. The van der Waals surface area contributed by atoms with Crippen molar-refractivity contribution in [2.45, 2.75) is 16.5 Å². The van der Waals surface area contributed by atoms with Crippen molar-refractivity contribution in [3.63, 3.8) is 0 Å². The largest absolute Gasteiger partial charge is 0.355 e. The lowest BCUT2D eigenvalue weighted by Gasteiger charge is -2.06. The summed E-state index contributed by atoms with van der Waals surface area (Å²) >= 11 is 2.92. The van der Waals surface area contributed by atoms with Crippen LogP contribution in [-0.4, -0.2) is 38.8 Å². The molecule has 0 saturated heterocycles. The van der Waals surface area contributed by atoms with Gasteiger partial charge in [-0.2, -0.15) is 0 Å². The summed E-state index contributed by atoms with van der Waals surface area (Å²) in [5.74, 6) is 7.20. The Bertz CT molecular complexity index is 902. The monoisotopic (exact) mass is 417 g/mol. The van der Waals surface area contributed by atoms with Crippen LogP contribution in [0.2, 0.25) is 0 Å². The molecule has 0 saturated carbocycles. The van der Waals surface area contributed by atoms with Gasteiger partial charge in [-0.1, -0.05) is 42.1 Å². The van der Waals surface area contributed by atoms with Crippen LogP contribution >= 0.6 is 23.5 Å². The molecule has 1 heterocycles. The SMILES string of the molecule is Nn1c(Cc2ccc(F)cc2)nnc1SCC(=O)NCCSc1ccccc1. The maximum absolute atomic E-state index is 13.0. The van der Waals surface area contributed by atoms with Crippen LogP contribution in [0.5, 0.6) is 0 Å². The van der Waals surface area contributed by atoms with E-state index in [1.165, 1.54) is 33.5 Å². The van der Waals surface area contributed by atoms with Crippen LogP contribution in [0, 0.1) is 5.82 Å². The number of nitrogens with zero attached hydrogens (tertiary/aromatic N) is 3. The number of carbonyl (C=O) groups excluding carboxylic acids is 1. The van der Waals surface area contributed by atoms with Gasteiger partial charge in [0.1, 0.15) is 5.82 Å². The molecule has 1 aromatic heterocycles. The number of benzene rings is 2. The Hall–Kier alpha value is -2.52. The molecule has 3 aromatic rings. The molecule has 1 amide bonds. The molecule has 0 unspecified atom stereocenters. The van der Waals surface area contributed by atoms with Gasteiger partial charge >= 0.3 is 0 Å². The molecule has 9 heteroatoms.